The van der Waals surface area contributed by atoms with Gasteiger partial charge in [-0.05, 0) is 50.0 Å². The molecule has 0 saturated carbocycles. The third-order valence-corrected chi connectivity index (χ3v) is 5.94. The Bertz CT molecular complexity index is 1450. The van der Waals surface area contributed by atoms with Crippen LogP contribution >= 0.6 is 0 Å². The fourth-order valence-electron chi connectivity index (χ4n) is 4.20. The van der Waals surface area contributed by atoms with Gasteiger partial charge in [-0.15, -0.1) is 0 Å². The summed E-state index contributed by atoms with van der Waals surface area (Å²) in [7, 11) is 0. The zero-order chi connectivity index (χ0) is 24.4. The first-order chi connectivity index (χ1) is 17.0. The lowest BCUT2D eigenvalue weighted by Crippen LogP contribution is -2.31. The van der Waals surface area contributed by atoms with Crippen molar-refractivity contribution in [2.24, 2.45) is 5.10 Å². The van der Waals surface area contributed by atoms with Crippen molar-refractivity contribution in [3.05, 3.63) is 112 Å². The molecule has 0 saturated heterocycles. The molecule has 8 nitrogen and oxygen atoms in total. The molecule has 1 atom stereocenters. The maximum absolute atomic E-state index is 13.2. The SMILES string of the molecule is Cc1ccc(OCC(=O)N2N=C(c3ccc4ccccc4c3)CC2c2ccccc2)c([N+](=O)[O-])n1. The number of fused-ring (bicyclic) bond motifs is 1. The number of pyridine rings is 1. The summed E-state index contributed by atoms with van der Waals surface area (Å²) in [5.74, 6) is -0.869. The van der Waals surface area contributed by atoms with E-state index < -0.39 is 23.3 Å². The van der Waals surface area contributed by atoms with Crippen LogP contribution in [0, 0.1) is 17.0 Å². The topological polar surface area (TPSA) is 97.9 Å². The second-order valence-electron chi connectivity index (χ2n) is 8.30. The fraction of sp³-hybridized carbons (Fsp3) is 0.148. The summed E-state index contributed by atoms with van der Waals surface area (Å²) in [6, 6.07) is 26.6. The molecule has 4 aromatic rings. The van der Waals surface area contributed by atoms with E-state index in [0.717, 1.165) is 27.6 Å². The first-order valence-electron chi connectivity index (χ1n) is 11.2. The third-order valence-electron chi connectivity index (χ3n) is 5.94. The number of aromatic nitrogens is 1. The Morgan fingerprint density at radius 1 is 1.03 bits per heavy atom. The zero-order valence-electron chi connectivity index (χ0n) is 19.0. The van der Waals surface area contributed by atoms with Crippen molar-refractivity contribution in [3.63, 3.8) is 0 Å². The van der Waals surface area contributed by atoms with Gasteiger partial charge in [0, 0.05) is 13.3 Å². The van der Waals surface area contributed by atoms with Crippen molar-refractivity contribution in [1.82, 2.24) is 9.99 Å². The van der Waals surface area contributed by atoms with Gasteiger partial charge in [-0.2, -0.15) is 5.10 Å². The van der Waals surface area contributed by atoms with Gasteiger partial charge in [0.1, 0.15) is 5.69 Å². The molecule has 174 valence electrons. The van der Waals surface area contributed by atoms with E-state index in [9.17, 15) is 14.9 Å². The molecule has 8 heteroatoms. The average Bonchev–Trinajstić information content (AvgIpc) is 3.34. The molecular formula is C27H22N4O4. The molecule has 1 amide bonds. The highest BCUT2D eigenvalue weighted by Crippen LogP contribution is 2.34. The predicted molar refractivity (Wildman–Crippen MR) is 132 cm³/mol. The molecule has 35 heavy (non-hydrogen) atoms. The summed E-state index contributed by atoms with van der Waals surface area (Å²) in [5, 5.41) is 19.7. The van der Waals surface area contributed by atoms with Gasteiger partial charge in [-0.25, -0.2) is 5.01 Å². The monoisotopic (exact) mass is 466 g/mol. The Morgan fingerprint density at radius 3 is 2.54 bits per heavy atom. The summed E-state index contributed by atoms with van der Waals surface area (Å²) in [5.41, 5.74) is 3.17. The van der Waals surface area contributed by atoms with Crippen LogP contribution in [-0.2, 0) is 4.79 Å². The number of amides is 1. The standard InChI is InChI=1S/C27H22N4O4/c1-18-11-14-25(27(28-18)31(33)34)35-17-26(32)30-24(20-8-3-2-4-9-20)16-23(29-30)22-13-12-19-7-5-6-10-21(19)15-22/h2-15,24H,16-17H2,1H3. The van der Waals surface area contributed by atoms with Gasteiger partial charge >= 0.3 is 5.82 Å². The van der Waals surface area contributed by atoms with Gasteiger partial charge in [0.25, 0.3) is 5.91 Å². The summed E-state index contributed by atoms with van der Waals surface area (Å²) in [6.45, 7) is 1.25. The van der Waals surface area contributed by atoms with Gasteiger partial charge in [0.15, 0.2) is 6.61 Å². The van der Waals surface area contributed by atoms with Gasteiger partial charge in [-0.1, -0.05) is 66.7 Å². The molecule has 0 N–H and O–H groups in total. The van der Waals surface area contributed by atoms with Crippen LogP contribution in [-0.4, -0.2) is 33.1 Å². The minimum Gasteiger partial charge on any atom is -0.475 e. The maximum atomic E-state index is 13.2. The number of carbonyl (C=O) groups is 1. The highest BCUT2D eigenvalue weighted by Gasteiger charge is 2.33. The first kappa shape index (κ1) is 22.2. The van der Waals surface area contributed by atoms with E-state index in [-0.39, 0.29) is 11.8 Å². The lowest BCUT2D eigenvalue weighted by Gasteiger charge is -2.22. The smallest absolute Gasteiger partial charge is 0.406 e. The van der Waals surface area contributed by atoms with Crippen LogP contribution in [0.1, 0.15) is 29.3 Å². The van der Waals surface area contributed by atoms with E-state index >= 15 is 0 Å². The Hall–Kier alpha value is -4.59. The normalized spacial score (nSPS) is 15.2. The van der Waals surface area contributed by atoms with Crippen LogP contribution in [0.2, 0.25) is 0 Å². The molecule has 5 rings (SSSR count). The van der Waals surface area contributed by atoms with Crippen molar-refractivity contribution < 1.29 is 14.5 Å². The molecule has 0 fully saturated rings. The number of hydrogen-bond donors (Lipinski definition) is 0. The van der Waals surface area contributed by atoms with Crippen molar-refractivity contribution in [2.75, 3.05) is 6.61 Å². The second-order valence-corrected chi connectivity index (χ2v) is 8.30. The summed E-state index contributed by atoms with van der Waals surface area (Å²) < 4.78 is 5.55. The lowest BCUT2D eigenvalue weighted by atomic mass is 9.97. The van der Waals surface area contributed by atoms with Gasteiger partial charge in [0.05, 0.1) is 11.8 Å². The highest BCUT2D eigenvalue weighted by molar-refractivity contribution is 6.05. The Labute approximate surface area is 201 Å². The largest absolute Gasteiger partial charge is 0.475 e. The highest BCUT2D eigenvalue weighted by atomic mass is 16.6. The summed E-state index contributed by atoms with van der Waals surface area (Å²) >= 11 is 0. The molecule has 0 aliphatic carbocycles. The number of ether oxygens (including phenoxy) is 1. The van der Waals surface area contributed by atoms with Crippen LogP contribution < -0.4 is 4.74 Å². The van der Waals surface area contributed by atoms with E-state index in [4.69, 9.17) is 4.74 Å². The summed E-state index contributed by atoms with van der Waals surface area (Å²) in [6.07, 6.45) is 0.542. The predicted octanol–water partition coefficient (Wildman–Crippen LogP) is 5.21. The molecule has 0 bridgehead atoms. The Morgan fingerprint density at radius 2 is 1.77 bits per heavy atom. The van der Waals surface area contributed by atoms with Crippen LogP contribution in [0.3, 0.4) is 0 Å². The zero-order valence-corrected chi connectivity index (χ0v) is 19.0. The molecule has 1 unspecified atom stereocenters. The van der Waals surface area contributed by atoms with Gasteiger partial charge < -0.3 is 14.9 Å². The Balaban J connectivity index is 1.43. The minimum atomic E-state index is -0.620. The number of hydrogen-bond acceptors (Lipinski definition) is 6. The number of aryl methyl sites for hydroxylation is 1. The number of rotatable bonds is 6. The molecule has 2 heterocycles. The van der Waals surface area contributed by atoms with Crippen LogP contribution in [0.15, 0.2) is 90.0 Å². The molecule has 3 aromatic carbocycles. The molecular weight excluding hydrogens is 444 g/mol. The van der Waals surface area contributed by atoms with Gasteiger partial charge in [0.2, 0.25) is 5.75 Å². The van der Waals surface area contributed by atoms with Crippen molar-refractivity contribution >= 4 is 28.2 Å². The molecule has 1 aromatic heterocycles. The van der Waals surface area contributed by atoms with E-state index in [1.165, 1.54) is 11.1 Å². The molecule has 0 spiro atoms. The van der Waals surface area contributed by atoms with E-state index in [1.807, 2.05) is 60.7 Å². The maximum Gasteiger partial charge on any atom is 0.406 e. The third kappa shape index (κ3) is 4.59. The van der Waals surface area contributed by atoms with E-state index in [2.05, 4.69) is 22.2 Å². The van der Waals surface area contributed by atoms with E-state index in [1.54, 1.807) is 13.0 Å². The molecule has 1 aliphatic rings. The number of nitro groups is 1. The quantitative estimate of drug-likeness (QED) is 0.287. The first-order valence-corrected chi connectivity index (χ1v) is 11.2. The Kier molecular flexibility index (Phi) is 5.93. The van der Waals surface area contributed by atoms with Crippen molar-refractivity contribution in [3.8, 4) is 5.75 Å². The van der Waals surface area contributed by atoms with Crippen LogP contribution in [0.25, 0.3) is 10.8 Å². The average molecular weight is 466 g/mol. The van der Waals surface area contributed by atoms with Crippen molar-refractivity contribution in [2.45, 2.75) is 19.4 Å². The molecule has 1 aliphatic heterocycles. The molecule has 0 radical (unpaired) electrons. The van der Waals surface area contributed by atoms with Crippen LogP contribution in [0.5, 0.6) is 5.75 Å². The minimum absolute atomic E-state index is 0.0526. The summed E-state index contributed by atoms with van der Waals surface area (Å²) in [4.78, 5) is 27.9. The van der Waals surface area contributed by atoms with Crippen LogP contribution in [0.4, 0.5) is 5.82 Å². The van der Waals surface area contributed by atoms with Gasteiger partial charge in [-0.3, -0.25) is 4.79 Å². The number of benzene rings is 3. The number of carbonyl (C=O) groups excluding carboxylic acids is 1. The second kappa shape index (κ2) is 9.34. The van der Waals surface area contributed by atoms with E-state index in [0.29, 0.717) is 12.1 Å². The number of nitrogens with zero attached hydrogens (tertiary/aromatic N) is 4. The van der Waals surface area contributed by atoms with Crippen molar-refractivity contribution in [1.29, 1.82) is 0 Å². The number of hydrazone groups is 1. The lowest BCUT2D eigenvalue weighted by molar-refractivity contribution is -0.390. The fourth-order valence-corrected chi connectivity index (χ4v) is 4.20.